The van der Waals surface area contributed by atoms with Crippen LogP contribution in [0.1, 0.15) is 16.1 Å². The summed E-state index contributed by atoms with van der Waals surface area (Å²) in [5, 5.41) is 33.5. The first-order chi connectivity index (χ1) is 14.5. The molecule has 0 bridgehead atoms. The van der Waals surface area contributed by atoms with E-state index in [1.807, 2.05) is 16.8 Å². The van der Waals surface area contributed by atoms with Crippen LogP contribution in [0.15, 0.2) is 50.8 Å². The van der Waals surface area contributed by atoms with Gasteiger partial charge in [-0.3, -0.25) is 14.9 Å². The van der Waals surface area contributed by atoms with Gasteiger partial charge in [0.1, 0.15) is 5.69 Å². The molecule has 4 aromatic rings. The van der Waals surface area contributed by atoms with E-state index in [2.05, 4.69) is 35.8 Å². The summed E-state index contributed by atoms with van der Waals surface area (Å²) in [6, 6.07) is 7.30. The molecule has 150 valence electrons. The van der Waals surface area contributed by atoms with Gasteiger partial charge in [-0.15, -0.1) is 5.10 Å². The van der Waals surface area contributed by atoms with Crippen molar-refractivity contribution in [1.29, 1.82) is 0 Å². The van der Waals surface area contributed by atoms with Crippen molar-refractivity contribution in [2.24, 2.45) is 5.10 Å². The number of hydrogen-bond donors (Lipinski definition) is 2. The molecule has 0 atom stereocenters. The summed E-state index contributed by atoms with van der Waals surface area (Å²) in [6.45, 7) is 0. The summed E-state index contributed by atoms with van der Waals surface area (Å²) in [7, 11) is 0. The summed E-state index contributed by atoms with van der Waals surface area (Å²) < 4.78 is 5.75. The lowest BCUT2D eigenvalue weighted by atomic mass is 10.1. The van der Waals surface area contributed by atoms with Gasteiger partial charge in [-0.2, -0.15) is 21.1 Å². The third-order valence-electron chi connectivity index (χ3n) is 3.86. The number of nitrogens with zero attached hydrogens (tertiary/aromatic N) is 7. The maximum absolute atomic E-state index is 12.7. The molecular weight excluding hydrogens is 414 g/mol. The minimum absolute atomic E-state index is 0.0108. The zero-order valence-electron chi connectivity index (χ0n) is 14.9. The number of aromatic nitrogens is 5. The van der Waals surface area contributed by atoms with Gasteiger partial charge in [-0.1, -0.05) is 5.21 Å². The van der Waals surface area contributed by atoms with Crippen molar-refractivity contribution in [3.8, 4) is 17.1 Å². The monoisotopic (exact) mass is 425 g/mol. The van der Waals surface area contributed by atoms with Gasteiger partial charge in [0.25, 0.3) is 11.6 Å². The van der Waals surface area contributed by atoms with Gasteiger partial charge in [-0.25, -0.2) is 10.1 Å². The lowest BCUT2D eigenvalue weighted by molar-refractivity contribution is -0.384. The standard InChI is InChI=1S/C16H11N9O4S/c17-14-15(22-29-21-14)24-13(10-1-3-11(4-2-10)25(27)28)12(19-23-24)16(26)20-18-7-9-5-6-30-8-9/h1-8H,(H2,17,21)(H,20,26). The Morgan fingerprint density at radius 3 is 2.73 bits per heavy atom. The number of rotatable bonds is 6. The number of carbonyl (C=O) groups excluding carboxylic acids is 1. The number of non-ortho nitro benzene ring substituents is 1. The van der Waals surface area contributed by atoms with E-state index in [1.54, 1.807) is 0 Å². The Balaban J connectivity index is 1.73. The van der Waals surface area contributed by atoms with E-state index < -0.39 is 10.8 Å². The predicted molar refractivity (Wildman–Crippen MR) is 105 cm³/mol. The first-order valence-electron chi connectivity index (χ1n) is 8.19. The molecule has 3 aromatic heterocycles. The van der Waals surface area contributed by atoms with E-state index in [-0.39, 0.29) is 28.7 Å². The maximum atomic E-state index is 12.7. The van der Waals surface area contributed by atoms with Crippen LogP contribution >= 0.6 is 11.3 Å². The smallest absolute Gasteiger partial charge is 0.294 e. The lowest BCUT2D eigenvalue weighted by Crippen LogP contribution is -2.19. The minimum Gasteiger partial charge on any atom is -0.378 e. The van der Waals surface area contributed by atoms with Crippen LogP contribution in [0.2, 0.25) is 0 Å². The zero-order valence-corrected chi connectivity index (χ0v) is 15.7. The molecular formula is C16H11N9O4S. The van der Waals surface area contributed by atoms with E-state index >= 15 is 0 Å². The van der Waals surface area contributed by atoms with Gasteiger partial charge in [-0.05, 0) is 39.3 Å². The average molecular weight is 425 g/mol. The van der Waals surface area contributed by atoms with Gasteiger partial charge >= 0.3 is 0 Å². The molecule has 0 aliphatic carbocycles. The van der Waals surface area contributed by atoms with Crippen molar-refractivity contribution in [3.05, 3.63) is 62.5 Å². The quantitative estimate of drug-likeness (QED) is 0.263. The Hall–Kier alpha value is -4.46. The second kappa shape index (κ2) is 7.88. The normalized spacial score (nSPS) is 11.1. The predicted octanol–water partition coefficient (Wildman–Crippen LogP) is 1.63. The highest BCUT2D eigenvalue weighted by Crippen LogP contribution is 2.28. The van der Waals surface area contributed by atoms with E-state index in [4.69, 9.17) is 5.73 Å². The second-order valence-electron chi connectivity index (χ2n) is 5.73. The number of hydrogen-bond acceptors (Lipinski definition) is 11. The number of carbonyl (C=O) groups is 1. The zero-order chi connectivity index (χ0) is 21.1. The average Bonchev–Trinajstić information content (AvgIpc) is 3.48. The van der Waals surface area contributed by atoms with Crippen molar-refractivity contribution >= 4 is 35.0 Å². The van der Waals surface area contributed by atoms with E-state index in [0.717, 1.165) is 10.2 Å². The number of hydrazone groups is 1. The number of benzene rings is 1. The molecule has 0 saturated heterocycles. The molecule has 0 spiro atoms. The van der Waals surface area contributed by atoms with Crippen LogP contribution in [0.5, 0.6) is 0 Å². The Labute approximate surface area is 170 Å². The largest absolute Gasteiger partial charge is 0.378 e. The fraction of sp³-hybridized carbons (Fsp3) is 0. The van der Waals surface area contributed by atoms with Crippen molar-refractivity contribution in [1.82, 2.24) is 30.7 Å². The first kappa shape index (κ1) is 18.9. The van der Waals surface area contributed by atoms with E-state index in [9.17, 15) is 14.9 Å². The van der Waals surface area contributed by atoms with Crippen molar-refractivity contribution in [3.63, 3.8) is 0 Å². The molecule has 30 heavy (non-hydrogen) atoms. The van der Waals surface area contributed by atoms with Gasteiger partial charge < -0.3 is 5.73 Å². The molecule has 14 heteroatoms. The topological polar surface area (TPSA) is 180 Å². The lowest BCUT2D eigenvalue weighted by Gasteiger charge is -2.05. The highest BCUT2D eigenvalue weighted by Gasteiger charge is 2.25. The number of anilines is 1. The molecule has 1 amide bonds. The van der Waals surface area contributed by atoms with Crippen LogP contribution in [0.3, 0.4) is 0 Å². The Kier molecular flexibility index (Phi) is 4.96. The molecule has 13 nitrogen and oxygen atoms in total. The molecule has 0 unspecified atom stereocenters. The summed E-state index contributed by atoms with van der Waals surface area (Å²) in [4.78, 5) is 23.1. The number of nitrogens with one attached hydrogen (secondary N) is 1. The molecule has 0 aliphatic heterocycles. The third kappa shape index (κ3) is 3.61. The molecule has 3 N–H and O–H groups in total. The molecule has 4 rings (SSSR count). The number of nitrogen functional groups attached to an aromatic ring is 1. The number of amides is 1. The number of nitrogens with two attached hydrogens (primary N) is 1. The Bertz CT molecular complexity index is 1230. The van der Waals surface area contributed by atoms with Crippen LogP contribution < -0.4 is 11.2 Å². The highest BCUT2D eigenvalue weighted by molar-refractivity contribution is 7.08. The molecule has 0 aliphatic rings. The van der Waals surface area contributed by atoms with Crippen LogP contribution in [0, 0.1) is 10.1 Å². The van der Waals surface area contributed by atoms with Crippen molar-refractivity contribution in [2.75, 3.05) is 5.73 Å². The summed E-state index contributed by atoms with van der Waals surface area (Å²) in [6.07, 6.45) is 1.48. The highest BCUT2D eigenvalue weighted by atomic mass is 32.1. The summed E-state index contributed by atoms with van der Waals surface area (Å²) in [5.74, 6) is -0.724. The number of thiophene rings is 1. The molecule has 0 fully saturated rings. The first-order valence-corrected chi connectivity index (χ1v) is 9.13. The Morgan fingerprint density at radius 1 is 1.30 bits per heavy atom. The summed E-state index contributed by atoms with van der Waals surface area (Å²) in [5.41, 5.74) is 9.28. The second-order valence-corrected chi connectivity index (χ2v) is 6.51. The van der Waals surface area contributed by atoms with Crippen LogP contribution in [-0.4, -0.2) is 42.4 Å². The molecule has 0 radical (unpaired) electrons. The fourth-order valence-corrected chi connectivity index (χ4v) is 3.10. The van der Waals surface area contributed by atoms with Gasteiger partial charge in [0.05, 0.1) is 11.1 Å². The maximum Gasteiger partial charge on any atom is 0.294 e. The number of nitro benzene ring substituents is 1. The van der Waals surface area contributed by atoms with Crippen molar-refractivity contribution < 1.29 is 14.3 Å². The minimum atomic E-state index is -0.656. The third-order valence-corrected chi connectivity index (χ3v) is 4.56. The van der Waals surface area contributed by atoms with Crippen LogP contribution in [0.25, 0.3) is 17.1 Å². The van der Waals surface area contributed by atoms with Crippen LogP contribution in [-0.2, 0) is 0 Å². The summed E-state index contributed by atoms with van der Waals surface area (Å²) >= 11 is 1.49. The Morgan fingerprint density at radius 2 is 2.10 bits per heavy atom. The fourth-order valence-electron chi connectivity index (χ4n) is 2.49. The molecule has 1 aromatic carbocycles. The molecule has 0 saturated carbocycles. The van der Waals surface area contributed by atoms with E-state index in [1.165, 1.54) is 41.8 Å². The SMILES string of the molecule is Nc1nonc1-n1nnc(C(=O)NN=Cc2ccsc2)c1-c1ccc([N+](=O)[O-])cc1. The van der Waals surface area contributed by atoms with Gasteiger partial charge in [0, 0.05) is 23.3 Å². The van der Waals surface area contributed by atoms with Gasteiger partial charge in [0.15, 0.2) is 5.69 Å². The number of nitro groups is 1. The van der Waals surface area contributed by atoms with Crippen molar-refractivity contribution in [2.45, 2.75) is 0 Å². The van der Waals surface area contributed by atoms with Crippen LogP contribution in [0.4, 0.5) is 11.5 Å². The van der Waals surface area contributed by atoms with Gasteiger partial charge in [0.2, 0.25) is 11.6 Å². The molecule has 3 heterocycles. The van der Waals surface area contributed by atoms with E-state index in [0.29, 0.717) is 5.56 Å².